The van der Waals surface area contributed by atoms with Gasteiger partial charge in [-0.05, 0) is 30.7 Å². The lowest BCUT2D eigenvalue weighted by molar-refractivity contribution is 0.0696. The van der Waals surface area contributed by atoms with Crippen LogP contribution in [0.25, 0.3) is 5.69 Å². The van der Waals surface area contributed by atoms with E-state index in [-0.39, 0.29) is 11.1 Å². The van der Waals surface area contributed by atoms with E-state index in [0.29, 0.717) is 10.7 Å². The Labute approximate surface area is 108 Å². The second kappa shape index (κ2) is 4.66. The standard InChI is InChI=1S/C13H10ClNO3/c1-8-2-4-10(14)11(6-8)15-7-9(13(17)18)3-5-12(15)16/h2-7H,1H3,(H,17,18). The highest BCUT2D eigenvalue weighted by atomic mass is 35.5. The molecule has 0 saturated heterocycles. The first-order valence-corrected chi connectivity index (χ1v) is 5.59. The smallest absolute Gasteiger partial charge is 0.337 e. The maximum absolute atomic E-state index is 11.8. The van der Waals surface area contributed by atoms with Crippen molar-refractivity contribution in [1.29, 1.82) is 0 Å². The molecule has 2 rings (SSSR count). The molecule has 4 nitrogen and oxygen atoms in total. The van der Waals surface area contributed by atoms with E-state index in [1.165, 1.54) is 22.9 Å². The van der Waals surface area contributed by atoms with Gasteiger partial charge in [0.2, 0.25) is 0 Å². The lowest BCUT2D eigenvalue weighted by atomic mass is 10.2. The Morgan fingerprint density at radius 2 is 2.00 bits per heavy atom. The zero-order valence-electron chi connectivity index (χ0n) is 9.55. The van der Waals surface area contributed by atoms with E-state index in [0.717, 1.165) is 5.56 Å². The van der Waals surface area contributed by atoms with Gasteiger partial charge in [0.15, 0.2) is 0 Å². The SMILES string of the molecule is Cc1ccc(Cl)c(-n2cc(C(=O)O)ccc2=O)c1. The highest BCUT2D eigenvalue weighted by Crippen LogP contribution is 2.20. The molecule has 2 aromatic rings. The second-order valence-electron chi connectivity index (χ2n) is 3.89. The van der Waals surface area contributed by atoms with Crippen LogP contribution in [0.4, 0.5) is 0 Å². The third-order valence-electron chi connectivity index (χ3n) is 2.52. The lowest BCUT2D eigenvalue weighted by Gasteiger charge is -2.09. The normalized spacial score (nSPS) is 10.3. The van der Waals surface area contributed by atoms with Crippen molar-refractivity contribution in [2.24, 2.45) is 0 Å². The van der Waals surface area contributed by atoms with Gasteiger partial charge in [-0.1, -0.05) is 17.7 Å². The minimum atomic E-state index is -1.09. The molecule has 0 bridgehead atoms. The molecule has 0 atom stereocenters. The largest absolute Gasteiger partial charge is 0.478 e. The summed E-state index contributed by atoms with van der Waals surface area (Å²) >= 11 is 6.03. The van der Waals surface area contributed by atoms with Gasteiger partial charge in [0.25, 0.3) is 5.56 Å². The molecule has 0 aliphatic carbocycles. The van der Waals surface area contributed by atoms with Crippen LogP contribution in [0.15, 0.2) is 41.3 Å². The molecule has 0 aliphatic heterocycles. The molecule has 0 unspecified atom stereocenters. The predicted octanol–water partition coefficient (Wildman–Crippen LogP) is 2.50. The number of carbonyl (C=O) groups is 1. The maximum atomic E-state index is 11.8. The molecule has 1 aromatic carbocycles. The van der Waals surface area contributed by atoms with Crippen LogP contribution in [0.3, 0.4) is 0 Å². The summed E-state index contributed by atoms with van der Waals surface area (Å²) in [6.07, 6.45) is 1.27. The summed E-state index contributed by atoms with van der Waals surface area (Å²) in [5.74, 6) is -1.09. The fourth-order valence-electron chi connectivity index (χ4n) is 1.61. The van der Waals surface area contributed by atoms with Gasteiger partial charge in [-0.25, -0.2) is 4.79 Å². The van der Waals surface area contributed by atoms with Crippen LogP contribution >= 0.6 is 11.6 Å². The molecule has 1 heterocycles. The summed E-state index contributed by atoms with van der Waals surface area (Å²) in [6.45, 7) is 1.87. The van der Waals surface area contributed by atoms with Crippen LogP contribution in [0.2, 0.25) is 5.02 Å². The lowest BCUT2D eigenvalue weighted by Crippen LogP contribution is -2.18. The van der Waals surface area contributed by atoms with E-state index in [4.69, 9.17) is 16.7 Å². The van der Waals surface area contributed by atoms with Gasteiger partial charge in [0.1, 0.15) is 0 Å². The van der Waals surface area contributed by atoms with Crippen molar-refractivity contribution in [3.05, 3.63) is 63.0 Å². The molecule has 0 aliphatic rings. The van der Waals surface area contributed by atoms with Gasteiger partial charge in [0, 0.05) is 12.3 Å². The molecule has 0 fully saturated rings. The monoisotopic (exact) mass is 263 g/mol. The van der Waals surface area contributed by atoms with Crippen LogP contribution < -0.4 is 5.56 Å². The van der Waals surface area contributed by atoms with Crippen molar-refractivity contribution in [3.8, 4) is 5.69 Å². The van der Waals surface area contributed by atoms with Crippen LogP contribution in [0.5, 0.6) is 0 Å². The fraction of sp³-hybridized carbons (Fsp3) is 0.0769. The zero-order chi connectivity index (χ0) is 13.3. The van der Waals surface area contributed by atoms with E-state index in [1.54, 1.807) is 12.1 Å². The van der Waals surface area contributed by atoms with E-state index in [1.807, 2.05) is 13.0 Å². The molecule has 1 N–H and O–H groups in total. The van der Waals surface area contributed by atoms with Crippen molar-refractivity contribution in [2.45, 2.75) is 6.92 Å². The number of hydrogen-bond acceptors (Lipinski definition) is 2. The Balaban J connectivity index is 2.70. The number of aryl methyl sites for hydroxylation is 1. The number of nitrogens with zero attached hydrogens (tertiary/aromatic N) is 1. The third-order valence-corrected chi connectivity index (χ3v) is 2.84. The van der Waals surface area contributed by atoms with Gasteiger partial charge in [-0.15, -0.1) is 0 Å². The summed E-state index contributed by atoms with van der Waals surface area (Å²) < 4.78 is 1.23. The minimum Gasteiger partial charge on any atom is -0.478 e. The summed E-state index contributed by atoms with van der Waals surface area (Å²) in [6, 6.07) is 7.70. The number of rotatable bonds is 2. The Hall–Kier alpha value is -2.07. The second-order valence-corrected chi connectivity index (χ2v) is 4.29. The number of carboxylic acid groups (broad SMARTS) is 1. The molecule has 0 radical (unpaired) electrons. The quantitative estimate of drug-likeness (QED) is 0.906. The zero-order valence-corrected chi connectivity index (χ0v) is 10.3. The minimum absolute atomic E-state index is 0.0344. The fourth-order valence-corrected chi connectivity index (χ4v) is 1.82. The maximum Gasteiger partial charge on any atom is 0.337 e. The Morgan fingerprint density at radius 1 is 1.28 bits per heavy atom. The molecule has 0 saturated carbocycles. The number of halogens is 1. The molecular weight excluding hydrogens is 254 g/mol. The Kier molecular flexibility index (Phi) is 3.21. The van der Waals surface area contributed by atoms with Crippen molar-refractivity contribution in [3.63, 3.8) is 0 Å². The third kappa shape index (κ3) is 2.28. The van der Waals surface area contributed by atoms with Gasteiger partial charge in [-0.3, -0.25) is 9.36 Å². The van der Waals surface area contributed by atoms with Crippen LogP contribution in [0.1, 0.15) is 15.9 Å². The molecular formula is C13H10ClNO3. The summed E-state index contributed by atoms with van der Waals surface area (Å²) in [7, 11) is 0. The Bertz CT molecular complexity index is 676. The number of benzene rings is 1. The van der Waals surface area contributed by atoms with Crippen LogP contribution in [-0.2, 0) is 0 Å². The molecule has 1 aromatic heterocycles. The molecule has 0 amide bonds. The van der Waals surface area contributed by atoms with Gasteiger partial charge in [-0.2, -0.15) is 0 Å². The van der Waals surface area contributed by atoms with Crippen LogP contribution in [0, 0.1) is 6.92 Å². The average molecular weight is 264 g/mol. The van der Waals surface area contributed by atoms with Gasteiger partial charge in [0.05, 0.1) is 16.3 Å². The summed E-state index contributed by atoms with van der Waals surface area (Å²) in [5, 5.41) is 9.32. The number of pyridine rings is 1. The van der Waals surface area contributed by atoms with Crippen molar-refractivity contribution < 1.29 is 9.90 Å². The summed E-state index contributed by atoms with van der Waals surface area (Å²) in [5.41, 5.74) is 1.12. The molecule has 5 heteroatoms. The highest BCUT2D eigenvalue weighted by Gasteiger charge is 2.09. The average Bonchev–Trinajstić information content (AvgIpc) is 2.33. The first kappa shape index (κ1) is 12.4. The van der Waals surface area contributed by atoms with Crippen LogP contribution in [-0.4, -0.2) is 15.6 Å². The number of carboxylic acids is 1. The van der Waals surface area contributed by atoms with Gasteiger partial charge >= 0.3 is 5.97 Å². The molecule has 0 spiro atoms. The van der Waals surface area contributed by atoms with Crippen molar-refractivity contribution >= 4 is 17.6 Å². The van der Waals surface area contributed by atoms with Gasteiger partial charge < -0.3 is 5.11 Å². The number of aromatic carboxylic acids is 1. The highest BCUT2D eigenvalue weighted by molar-refractivity contribution is 6.32. The van der Waals surface area contributed by atoms with E-state index in [2.05, 4.69) is 0 Å². The molecule has 18 heavy (non-hydrogen) atoms. The van der Waals surface area contributed by atoms with Crippen molar-refractivity contribution in [2.75, 3.05) is 0 Å². The predicted molar refractivity (Wildman–Crippen MR) is 68.7 cm³/mol. The number of aromatic nitrogens is 1. The van der Waals surface area contributed by atoms with E-state index in [9.17, 15) is 9.59 Å². The topological polar surface area (TPSA) is 59.3 Å². The first-order chi connectivity index (χ1) is 8.49. The van der Waals surface area contributed by atoms with E-state index >= 15 is 0 Å². The first-order valence-electron chi connectivity index (χ1n) is 5.21. The summed E-state index contributed by atoms with van der Waals surface area (Å²) in [4.78, 5) is 22.7. The number of hydrogen-bond donors (Lipinski definition) is 1. The van der Waals surface area contributed by atoms with E-state index < -0.39 is 5.97 Å². The van der Waals surface area contributed by atoms with Crippen molar-refractivity contribution in [1.82, 2.24) is 4.57 Å². The molecule has 92 valence electrons. The Morgan fingerprint density at radius 3 is 2.67 bits per heavy atom.